The van der Waals surface area contributed by atoms with E-state index in [1.165, 1.54) is 0 Å². The number of cyclic esters (lactones) is 1. The molecule has 4 atom stereocenters. The van der Waals surface area contributed by atoms with Crippen LogP contribution >= 0.6 is 0 Å². The fourth-order valence-electron chi connectivity index (χ4n) is 7.51. The third kappa shape index (κ3) is 8.55. The molecule has 0 spiro atoms. The second-order valence-electron chi connectivity index (χ2n) is 13.8. The van der Waals surface area contributed by atoms with Crippen LogP contribution in [0.2, 0.25) is 0 Å². The van der Waals surface area contributed by atoms with Crippen molar-refractivity contribution in [1.29, 1.82) is 0 Å². The van der Waals surface area contributed by atoms with Gasteiger partial charge >= 0.3 is 12.1 Å². The Kier molecular flexibility index (Phi) is 11.5. The second-order valence-corrected chi connectivity index (χ2v) is 13.8. The minimum Gasteiger partial charge on any atom is -0.480 e. The van der Waals surface area contributed by atoms with E-state index in [9.17, 15) is 24.3 Å². The first-order chi connectivity index (χ1) is 26.9. The number of carbonyl (C=O) groups is 4. The molecule has 0 aromatic heterocycles. The number of hydrogen-bond donors (Lipinski definition) is 2. The minimum atomic E-state index is -1.46. The average Bonchev–Trinajstić information content (AvgIpc) is 3.85. The highest BCUT2D eigenvalue weighted by Crippen LogP contribution is 2.34. The molecule has 55 heavy (non-hydrogen) atoms. The third-order valence-electron chi connectivity index (χ3n) is 10.2. The maximum atomic E-state index is 14.2. The van der Waals surface area contributed by atoms with Gasteiger partial charge in [0.05, 0.1) is 17.4 Å². The number of carboxylic acids is 1. The molecule has 10 heteroatoms. The number of carboxylic acid groups (broad SMARTS) is 1. The van der Waals surface area contributed by atoms with Crippen molar-refractivity contribution in [3.63, 3.8) is 0 Å². The monoisotopic (exact) mass is 734 g/mol. The average molecular weight is 735 g/mol. The summed E-state index contributed by atoms with van der Waals surface area (Å²) in [5, 5.41) is 14.1. The summed E-state index contributed by atoms with van der Waals surface area (Å²) >= 11 is 0. The molecule has 0 unspecified atom stereocenters. The fraction of sp³-hybridized carbons (Fsp3) is 0.222. The van der Waals surface area contributed by atoms with Crippen molar-refractivity contribution in [2.75, 3.05) is 18.5 Å². The lowest BCUT2D eigenvalue weighted by Crippen LogP contribution is -2.39. The van der Waals surface area contributed by atoms with E-state index in [0.717, 1.165) is 29.0 Å². The van der Waals surface area contributed by atoms with Crippen molar-refractivity contribution >= 4 is 35.3 Å². The van der Waals surface area contributed by atoms with Crippen LogP contribution < -0.4 is 5.32 Å². The predicted molar refractivity (Wildman–Crippen MR) is 210 cm³/mol. The Hall–Kier alpha value is -6.39. The number of rotatable bonds is 13. The smallest absolute Gasteiger partial charge is 0.417 e. The van der Waals surface area contributed by atoms with Crippen molar-refractivity contribution in [2.45, 2.75) is 49.9 Å². The summed E-state index contributed by atoms with van der Waals surface area (Å²) in [6.45, 7) is 1.45. The van der Waals surface area contributed by atoms with Crippen LogP contribution in [0, 0.1) is 0 Å². The molecule has 2 aliphatic rings. The van der Waals surface area contributed by atoms with Gasteiger partial charge in [-0.25, -0.2) is 14.5 Å². The van der Waals surface area contributed by atoms with Gasteiger partial charge in [0.1, 0.15) is 12.6 Å². The molecular formula is C45H42N4O6. The van der Waals surface area contributed by atoms with Crippen LogP contribution in [0.1, 0.15) is 59.0 Å². The highest BCUT2D eigenvalue weighted by Gasteiger charge is 2.42. The molecule has 0 radical (unpaired) electrons. The van der Waals surface area contributed by atoms with Gasteiger partial charge in [0.25, 0.3) is 0 Å². The maximum Gasteiger partial charge on any atom is 0.417 e. The molecule has 0 saturated carbocycles. The van der Waals surface area contributed by atoms with Crippen molar-refractivity contribution in [3.05, 3.63) is 173 Å². The summed E-state index contributed by atoms with van der Waals surface area (Å²) in [5.41, 5.74) is 4.43. The van der Waals surface area contributed by atoms with E-state index in [1.54, 1.807) is 30.3 Å². The van der Waals surface area contributed by atoms with Gasteiger partial charge in [-0.15, -0.1) is 0 Å². The molecule has 0 aliphatic carbocycles. The number of imide groups is 1. The number of likely N-dealkylation sites (tertiary alicyclic amines) is 1. The van der Waals surface area contributed by atoms with Crippen molar-refractivity contribution < 1.29 is 29.0 Å². The minimum absolute atomic E-state index is 0.00334. The number of para-hydroxylation sites is 1. The molecule has 0 bridgehead atoms. The largest absolute Gasteiger partial charge is 0.480 e. The number of benzene rings is 5. The Labute approximate surface area is 320 Å². The number of aliphatic carboxylic acids is 1. The number of carbonyl (C=O) groups excluding carboxylic acids is 3. The number of aliphatic imine (C=N–C) groups is 1. The Morgan fingerprint density at radius 1 is 0.800 bits per heavy atom. The van der Waals surface area contributed by atoms with E-state index in [2.05, 4.69) is 22.3 Å². The normalized spacial score (nSPS) is 18.4. The Bertz CT molecular complexity index is 2150. The van der Waals surface area contributed by atoms with Crippen molar-refractivity contribution in [2.24, 2.45) is 4.99 Å². The first-order valence-corrected chi connectivity index (χ1v) is 18.5. The molecule has 2 fully saturated rings. The number of anilines is 1. The van der Waals surface area contributed by atoms with E-state index in [-0.39, 0.29) is 25.0 Å². The molecular weight excluding hydrogens is 693 g/mol. The lowest BCUT2D eigenvalue weighted by molar-refractivity contribution is -0.139. The maximum absolute atomic E-state index is 14.2. The van der Waals surface area contributed by atoms with E-state index >= 15 is 0 Å². The Balaban J connectivity index is 1.24. The summed E-state index contributed by atoms with van der Waals surface area (Å²) in [4.78, 5) is 62.8. The van der Waals surface area contributed by atoms with Gasteiger partial charge in [-0.2, -0.15) is 0 Å². The van der Waals surface area contributed by atoms with Gasteiger partial charge < -0.3 is 15.2 Å². The summed E-state index contributed by atoms with van der Waals surface area (Å²) in [5.74, 6) is -2.94. The van der Waals surface area contributed by atoms with Crippen LogP contribution in [0.4, 0.5) is 10.5 Å². The first-order valence-electron chi connectivity index (χ1n) is 18.5. The lowest BCUT2D eigenvalue weighted by atomic mass is 9.87. The van der Waals surface area contributed by atoms with E-state index < -0.39 is 36.0 Å². The van der Waals surface area contributed by atoms with E-state index in [0.29, 0.717) is 41.1 Å². The van der Waals surface area contributed by atoms with Gasteiger partial charge in [0.15, 0.2) is 6.04 Å². The van der Waals surface area contributed by atoms with Crippen LogP contribution in [0.5, 0.6) is 0 Å². The Morgan fingerprint density at radius 2 is 1.42 bits per heavy atom. The first kappa shape index (κ1) is 36.9. The summed E-state index contributed by atoms with van der Waals surface area (Å²) in [7, 11) is 0. The van der Waals surface area contributed by atoms with Crippen LogP contribution in [-0.2, 0) is 25.7 Å². The molecule has 2 saturated heterocycles. The topological polar surface area (TPSA) is 129 Å². The molecule has 5 aromatic carbocycles. The van der Waals surface area contributed by atoms with E-state index in [4.69, 9.17) is 9.73 Å². The van der Waals surface area contributed by atoms with Crippen molar-refractivity contribution in [3.8, 4) is 0 Å². The highest BCUT2D eigenvalue weighted by atomic mass is 16.6. The Morgan fingerprint density at radius 3 is 2.11 bits per heavy atom. The van der Waals surface area contributed by atoms with Crippen LogP contribution in [0.3, 0.4) is 0 Å². The predicted octanol–water partition coefficient (Wildman–Crippen LogP) is 7.47. The molecule has 2 heterocycles. The molecule has 2 N–H and O–H groups in total. The molecule has 2 aliphatic heterocycles. The van der Waals surface area contributed by atoms with Gasteiger partial charge in [0.2, 0.25) is 11.8 Å². The lowest BCUT2D eigenvalue weighted by Gasteiger charge is -2.26. The van der Waals surface area contributed by atoms with Gasteiger partial charge in [0, 0.05) is 30.0 Å². The van der Waals surface area contributed by atoms with Gasteiger partial charge in [-0.1, -0.05) is 140 Å². The highest BCUT2D eigenvalue weighted by molar-refractivity contribution is 6.18. The zero-order valence-corrected chi connectivity index (χ0v) is 30.2. The molecule has 3 amide bonds. The number of nitrogens with one attached hydrogen (secondary N) is 1. The number of nitrogens with zero attached hydrogens (tertiary/aromatic N) is 3. The van der Waals surface area contributed by atoms with Gasteiger partial charge in [-0.3, -0.25) is 19.5 Å². The number of ether oxygens (including phenoxy) is 1. The molecule has 278 valence electrons. The SMILES string of the molecule is O=C(O)[C@H](N=C(c1ccccc1)c1ccccc1NC(=O)[C@@H]1CCCN1Cc1ccccc1)[C@@H](CC(=O)N1C(=O)OC[C@H]1c1ccccc1)c1ccccc1. The fourth-order valence-corrected chi connectivity index (χ4v) is 7.51. The molecule has 10 nitrogen and oxygen atoms in total. The zero-order chi connectivity index (χ0) is 38.1. The summed E-state index contributed by atoms with van der Waals surface area (Å²) < 4.78 is 5.33. The standard InChI is InChI=1S/C45H42N4O6/c50-40(49-39(30-55-45(49)54)33-20-9-3-10-21-33)28-36(32-18-7-2-8-19-32)42(44(52)53)47-41(34-22-11-4-12-23-34)35-24-13-14-25-37(35)46-43(51)38-26-15-27-48(38)29-31-16-5-1-6-17-31/h1-14,16-25,36,38-39,42H,15,26-30H2,(H,46,51)(H,52,53)/t36-,38-,39-,42+/m0/s1. The zero-order valence-electron chi connectivity index (χ0n) is 30.2. The summed E-state index contributed by atoms with van der Waals surface area (Å²) in [6.07, 6.45) is 0.497. The quantitative estimate of drug-likeness (QED) is 0.120. The summed E-state index contributed by atoms with van der Waals surface area (Å²) in [6, 6.07) is 42.1. The van der Waals surface area contributed by atoms with E-state index in [1.807, 2.05) is 103 Å². The van der Waals surface area contributed by atoms with Crippen LogP contribution in [0.25, 0.3) is 0 Å². The van der Waals surface area contributed by atoms with Crippen LogP contribution in [-0.4, -0.2) is 69.7 Å². The third-order valence-corrected chi connectivity index (χ3v) is 10.2. The van der Waals surface area contributed by atoms with Gasteiger partial charge in [-0.05, 0) is 42.1 Å². The molecule has 7 rings (SSSR count). The van der Waals surface area contributed by atoms with Crippen LogP contribution in [0.15, 0.2) is 151 Å². The molecule has 5 aromatic rings. The number of hydrogen-bond acceptors (Lipinski definition) is 7. The van der Waals surface area contributed by atoms with Crippen molar-refractivity contribution in [1.82, 2.24) is 9.80 Å². The number of amides is 3. The second kappa shape index (κ2) is 17.2.